The zero-order valence-electron chi connectivity index (χ0n) is 32.9. The number of carbonyl (C=O) groups is 4. The number of ether oxygens (including phenoxy) is 2. The second-order valence-corrected chi connectivity index (χ2v) is 15.4. The van der Waals surface area contributed by atoms with Gasteiger partial charge in [-0.25, -0.2) is 14.4 Å². The second kappa shape index (κ2) is 18.9. The zero-order chi connectivity index (χ0) is 39.2. The molecule has 0 aliphatic carbocycles. The fraction of sp³-hybridized carbons (Fsp3) is 0.595. The van der Waals surface area contributed by atoms with Crippen LogP contribution >= 0.6 is 0 Å². The van der Waals surface area contributed by atoms with Crippen molar-refractivity contribution in [3.8, 4) is 0 Å². The summed E-state index contributed by atoms with van der Waals surface area (Å²) < 4.78 is 17.8. The quantitative estimate of drug-likeness (QED) is 0.304. The number of amides is 4. The molecule has 0 spiro atoms. The molecule has 0 saturated carbocycles. The number of anilines is 1. The molecule has 14 nitrogen and oxygen atoms in total. The lowest BCUT2D eigenvalue weighted by Crippen LogP contribution is -2.51. The van der Waals surface area contributed by atoms with Crippen molar-refractivity contribution in [1.29, 1.82) is 0 Å². The summed E-state index contributed by atoms with van der Waals surface area (Å²) in [6, 6.07) is 11.5. The van der Waals surface area contributed by atoms with Crippen LogP contribution in [0.1, 0.15) is 76.5 Å². The van der Waals surface area contributed by atoms with Crippen molar-refractivity contribution in [2.75, 3.05) is 58.2 Å². The summed E-state index contributed by atoms with van der Waals surface area (Å²) in [5, 5.41) is 3.03. The van der Waals surface area contributed by atoms with E-state index in [-0.39, 0.29) is 43.8 Å². The Labute approximate surface area is 330 Å². The lowest BCUT2D eigenvalue weighted by molar-refractivity contribution is -0.148. The maximum atomic E-state index is 13.8. The molecule has 1 N–H and O–H groups in total. The van der Waals surface area contributed by atoms with Crippen LogP contribution in [-0.2, 0) is 39.0 Å². The maximum absolute atomic E-state index is 13.8. The first kappa shape index (κ1) is 42.3. The first-order valence-electron chi connectivity index (χ1n) is 19.8. The monoisotopic (exact) mass is 776 g/mol. The number of benzene rings is 2. The first-order chi connectivity index (χ1) is 26.4. The molecule has 306 valence electrons. The Hall–Kier alpha value is -4.85. The Morgan fingerprint density at radius 2 is 1.62 bits per heavy atom. The number of aromatic nitrogens is 1. The number of carbonyl (C=O) groups excluding carboxylic acids is 4. The number of para-hydroxylation sites is 1. The van der Waals surface area contributed by atoms with E-state index in [2.05, 4.69) is 17.1 Å². The molecule has 3 aromatic rings. The standard InChI is InChI=1S/C33H41N5O6.C8H15NO2.CH4/c1-21-8-13-36(14-9-21)30(39)28(20-23-18-22(2)29-27(19-23)43-32(41)35(29)3)44-33(42)37-15-11-25(12-16-37)38-17-10-24-6-4-5-7-26(24)34-31(38)40;1-3-11-8(10)7-5-4-6-9(7)2;/h4-7,18-19,21,25,28H,8-17,20H2,1-3H3,(H,34,40);7H,3-6H2,1-2H3;1H4/t28-;7-;/m10./s1. The van der Waals surface area contributed by atoms with Gasteiger partial charge in [-0.05, 0) is 107 Å². The number of hydrogen-bond acceptors (Lipinski definition) is 9. The summed E-state index contributed by atoms with van der Waals surface area (Å²) in [5.74, 6) is -0.166. The predicted molar refractivity (Wildman–Crippen MR) is 215 cm³/mol. The van der Waals surface area contributed by atoms with Crippen LogP contribution in [0, 0.1) is 12.8 Å². The molecule has 2 atom stereocenters. The van der Waals surface area contributed by atoms with Crippen LogP contribution in [0.2, 0.25) is 0 Å². The van der Waals surface area contributed by atoms with E-state index in [0.29, 0.717) is 69.2 Å². The number of rotatable bonds is 7. The van der Waals surface area contributed by atoms with Crippen LogP contribution in [0.3, 0.4) is 0 Å². The van der Waals surface area contributed by atoms with Crippen LogP contribution < -0.4 is 11.1 Å². The summed E-state index contributed by atoms with van der Waals surface area (Å²) in [5.41, 5.74) is 4.72. The molecular formula is C42H60N6O8. The molecule has 5 heterocycles. The van der Waals surface area contributed by atoms with Gasteiger partial charge in [0.25, 0.3) is 5.91 Å². The molecule has 4 amide bonds. The summed E-state index contributed by atoms with van der Waals surface area (Å²) in [7, 11) is 3.63. The van der Waals surface area contributed by atoms with Gasteiger partial charge in [-0.15, -0.1) is 0 Å². The average molecular weight is 777 g/mol. The summed E-state index contributed by atoms with van der Waals surface area (Å²) in [4.78, 5) is 71.0. The van der Waals surface area contributed by atoms with Crippen LogP contribution in [0.5, 0.6) is 0 Å². The van der Waals surface area contributed by atoms with Crippen molar-refractivity contribution >= 4 is 40.8 Å². The van der Waals surface area contributed by atoms with Crippen molar-refractivity contribution in [2.24, 2.45) is 13.0 Å². The van der Waals surface area contributed by atoms with E-state index in [1.54, 1.807) is 22.9 Å². The van der Waals surface area contributed by atoms with Gasteiger partial charge in [-0.1, -0.05) is 38.6 Å². The zero-order valence-corrected chi connectivity index (χ0v) is 32.9. The van der Waals surface area contributed by atoms with Gasteiger partial charge in [-0.2, -0.15) is 0 Å². The molecule has 2 aromatic carbocycles. The molecule has 3 fully saturated rings. The third kappa shape index (κ3) is 9.74. The van der Waals surface area contributed by atoms with Gasteiger partial charge in [0.05, 0.1) is 12.1 Å². The number of aryl methyl sites for hydroxylation is 2. The van der Waals surface area contributed by atoms with Gasteiger partial charge in [-0.3, -0.25) is 19.1 Å². The van der Waals surface area contributed by atoms with Crippen LogP contribution in [-0.4, -0.2) is 119 Å². The highest BCUT2D eigenvalue weighted by atomic mass is 16.6. The predicted octanol–water partition coefficient (Wildman–Crippen LogP) is 5.58. The van der Waals surface area contributed by atoms with E-state index in [1.165, 1.54) is 4.57 Å². The highest BCUT2D eigenvalue weighted by Gasteiger charge is 2.35. The summed E-state index contributed by atoms with van der Waals surface area (Å²) >= 11 is 0. The van der Waals surface area contributed by atoms with Gasteiger partial charge < -0.3 is 33.9 Å². The largest absolute Gasteiger partial charge is 0.465 e. The van der Waals surface area contributed by atoms with Crippen molar-refractivity contribution in [3.63, 3.8) is 0 Å². The molecular weight excluding hydrogens is 716 g/mol. The van der Waals surface area contributed by atoms with Gasteiger partial charge in [0.2, 0.25) is 0 Å². The summed E-state index contributed by atoms with van der Waals surface area (Å²) in [6.45, 7) is 10.2. The number of likely N-dealkylation sites (N-methyl/N-ethyl adjacent to an activating group) is 1. The Morgan fingerprint density at radius 3 is 2.30 bits per heavy atom. The molecule has 56 heavy (non-hydrogen) atoms. The van der Waals surface area contributed by atoms with E-state index in [9.17, 15) is 24.0 Å². The number of esters is 1. The summed E-state index contributed by atoms with van der Waals surface area (Å²) in [6.07, 6.45) is 4.57. The van der Waals surface area contributed by atoms with E-state index >= 15 is 0 Å². The number of fused-ring (bicyclic) bond motifs is 2. The van der Waals surface area contributed by atoms with E-state index in [1.807, 2.05) is 56.1 Å². The Balaban J connectivity index is 0.000000433. The number of oxazole rings is 1. The van der Waals surface area contributed by atoms with Gasteiger partial charge in [0, 0.05) is 57.9 Å². The van der Waals surface area contributed by atoms with Crippen molar-refractivity contribution in [3.05, 3.63) is 63.6 Å². The van der Waals surface area contributed by atoms with E-state index in [0.717, 1.165) is 61.0 Å². The van der Waals surface area contributed by atoms with E-state index < -0.39 is 18.0 Å². The molecule has 0 radical (unpaired) electrons. The Bertz CT molecular complexity index is 1910. The van der Waals surface area contributed by atoms with Crippen LogP contribution in [0.4, 0.5) is 15.3 Å². The van der Waals surface area contributed by atoms with Crippen LogP contribution in [0.15, 0.2) is 45.6 Å². The third-order valence-electron chi connectivity index (χ3n) is 11.6. The minimum absolute atomic E-state index is 0. The normalized spacial score (nSPS) is 19.9. The van der Waals surface area contributed by atoms with Gasteiger partial charge in [0.1, 0.15) is 6.04 Å². The Morgan fingerprint density at radius 1 is 0.929 bits per heavy atom. The first-order valence-corrected chi connectivity index (χ1v) is 19.8. The lowest BCUT2D eigenvalue weighted by Gasteiger charge is -2.38. The number of likely N-dealkylation sites (tertiary alicyclic amines) is 3. The number of nitrogens with one attached hydrogen (secondary N) is 1. The van der Waals surface area contributed by atoms with Crippen molar-refractivity contribution < 1.29 is 33.1 Å². The van der Waals surface area contributed by atoms with Crippen molar-refractivity contribution in [2.45, 2.75) is 97.8 Å². The number of urea groups is 1. The molecule has 4 aliphatic heterocycles. The molecule has 7 rings (SSSR count). The average Bonchev–Trinajstić information content (AvgIpc) is 3.68. The van der Waals surface area contributed by atoms with Crippen molar-refractivity contribution in [1.82, 2.24) is 24.2 Å². The van der Waals surface area contributed by atoms with Crippen LogP contribution in [0.25, 0.3) is 11.1 Å². The second-order valence-electron chi connectivity index (χ2n) is 15.4. The maximum Gasteiger partial charge on any atom is 0.419 e. The smallest absolute Gasteiger partial charge is 0.419 e. The SMILES string of the molecule is C.CCOC(=O)[C@@H]1CCCN1C.Cc1cc(C[C@@H](OC(=O)N2CCC(N3CCc4ccccc4NC3=O)CC2)C(=O)N2CCC(C)CC2)cc2oc(=O)n(C)c12. The molecule has 4 aliphatic rings. The lowest BCUT2D eigenvalue weighted by atomic mass is 9.98. The molecule has 14 heteroatoms. The number of nitrogens with zero attached hydrogens (tertiary/aromatic N) is 5. The topological polar surface area (TPSA) is 147 Å². The third-order valence-corrected chi connectivity index (χ3v) is 11.6. The number of piperidine rings is 2. The fourth-order valence-electron chi connectivity index (χ4n) is 8.27. The number of hydrogen-bond donors (Lipinski definition) is 1. The molecule has 1 aromatic heterocycles. The van der Waals surface area contributed by atoms with E-state index in [4.69, 9.17) is 13.9 Å². The van der Waals surface area contributed by atoms with Gasteiger partial charge >= 0.3 is 23.8 Å². The highest BCUT2D eigenvalue weighted by Crippen LogP contribution is 2.27. The minimum Gasteiger partial charge on any atom is -0.465 e. The molecule has 3 saturated heterocycles. The molecule has 0 unspecified atom stereocenters. The molecule has 0 bridgehead atoms. The fourth-order valence-corrected chi connectivity index (χ4v) is 8.27. The highest BCUT2D eigenvalue weighted by molar-refractivity contribution is 5.91. The Kier molecular flexibility index (Phi) is 14.2. The van der Waals surface area contributed by atoms with Gasteiger partial charge in [0.15, 0.2) is 11.7 Å². The minimum atomic E-state index is -1.00.